The van der Waals surface area contributed by atoms with Gasteiger partial charge in [0.15, 0.2) is 5.82 Å². The van der Waals surface area contributed by atoms with E-state index in [0.717, 1.165) is 29.1 Å². The Morgan fingerprint density at radius 2 is 1.89 bits per heavy atom. The molecular formula is C20H20ClN5OS. The second-order valence-electron chi connectivity index (χ2n) is 6.64. The van der Waals surface area contributed by atoms with Crippen molar-refractivity contribution >= 4 is 35.0 Å². The van der Waals surface area contributed by atoms with Gasteiger partial charge >= 0.3 is 0 Å². The number of rotatable bonds is 4. The van der Waals surface area contributed by atoms with E-state index in [0.29, 0.717) is 10.2 Å². The topological polar surface area (TPSA) is 71.8 Å². The van der Waals surface area contributed by atoms with E-state index in [1.807, 2.05) is 67.1 Å². The molecule has 0 bridgehead atoms. The van der Waals surface area contributed by atoms with Crippen LogP contribution in [0.3, 0.4) is 0 Å². The van der Waals surface area contributed by atoms with E-state index in [1.165, 1.54) is 11.8 Å². The highest BCUT2D eigenvalue weighted by Gasteiger charge is 2.37. The number of halogens is 1. The van der Waals surface area contributed by atoms with Crippen LogP contribution in [0.4, 0.5) is 5.69 Å². The summed E-state index contributed by atoms with van der Waals surface area (Å²) >= 11 is 7.46. The highest BCUT2D eigenvalue weighted by molar-refractivity contribution is 8.00. The number of thioether (sulfide) groups is 1. The van der Waals surface area contributed by atoms with Crippen LogP contribution in [0, 0.1) is 6.92 Å². The first-order chi connectivity index (χ1) is 13.5. The van der Waals surface area contributed by atoms with Crippen LogP contribution in [-0.4, -0.2) is 26.0 Å². The molecule has 0 fully saturated rings. The quantitative estimate of drug-likeness (QED) is 0.670. The minimum Gasteiger partial charge on any atom is -0.325 e. The number of hydrogen-bond acceptors (Lipinski definition) is 5. The van der Waals surface area contributed by atoms with Gasteiger partial charge in [0.2, 0.25) is 11.1 Å². The van der Waals surface area contributed by atoms with Gasteiger partial charge in [-0.1, -0.05) is 60.1 Å². The molecule has 2 unspecified atom stereocenters. The van der Waals surface area contributed by atoms with E-state index in [1.54, 1.807) is 0 Å². The van der Waals surface area contributed by atoms with E-state index in [-0.39, 0.29) is 11.9 Å². The molecule has 2 aromatic carbocycles. The van der Waals surface area contributed by atoms with Gasteiger partial charge < -0.3 is 10.7 Å². The average Bonchev–Trinajstić information content (AvgIpc) is 3.11. The molecule has 0 saturated carbocycles. The summed E-state index contributed by atoms with van der Waals surface area (Å²) in [5, 5.41) is 12.4. The lowest BCUT2D eigenvalue weighted by Gasteiger charge is -2.33. The Morgan fingerprint density at radius 3 is 2.57 bits per heavy atom. The van der Waals surface area contributed by atoms with Crippen molar-refractivity contribution < 1.29 is 4.79 Å². The van der Waals surface area contributed by atoms with Crippen LogP contribution in [0.25, 0.3) is 0 Å². The van der Waals surface area contributed by atoms with Crippen molar-refractivity contribution in [3.8, 4) is 0 Å². The predicted octanol–water partition coefficient (Wildman–Crippen LogP) is 4.20. The molecule has 0 saturated heterocycles. The fraction of sp³-hybridized carbons (Fsp3) is 0.250. The maximum absolute atomic E-state index is 13.1. The summed E-state index contributed by atoms with van der Waals surface area (Å²) in [5.74, 6) is 0.743. The smallest absolute Gasteiger partial charge is 0.240 e. The molecule has 0 aliphatic carbocycles. The molecule has 1 aromatic heterocycles. The second-order valence-corrected chi connectivity index (χ2v) is 8.18. The third kappa shape index (κ3) is 3.72. The molecule has 1 aliphatic heterocycles. The van der Waals surface area contributed by atoms with E-state index in [9.17, 15) is 4.79 Å². The Hall–Kier alpha value is -2.51. The summed E-state index contributed by atoms with van der Waals surface area (Å²) in [6, 6.07) is 15.1. The van der Waals surface area contributed by atoms with Gasteiger partial charge in [-0.25, -0.2) is 4.68 Å². The van der Waals surface area contributed by atoms with Crippen LogP contribution in [0.15, 0.2) is 53.7 Å². The van der Waals surface area contributed by atoms with E-state index < -0.39 is 5.25 Å². The molecule has 2 N–H and O–H groups in total. The summed E-state index contributed by atoms with van der Waals surface area (Å²) in [6.07, 6.45) is 0.744. The van der Waals surface area contributed by atoms with E-state index in [2.05, 4.69) is 20.9 Å². The molecule has 2 atom stereocenters. The highest BCUT2D eigenvalue weighted by atomic mass is 35.5. The molecule has 1 aliphatic rings. The Balaban J connectivity index is 1.66. The Kier molecular flexibility index (Phi) is 5.28. The average molecular weight is 414 g/mol. The van der Waals surface area contributed by atoms with Crippen LogP contribution in [0.2, 0.25) is 5.02 Å². The number of carbonyl (C=O) groups is 1. The SMILES string of the molecule is CCc1nnc2n1NC(c1ccc(Cl)cc1)C(C(=O)Nc1ccc(C)cc1)S2. The first-order valence-corrected chi connectivity index (χ1v) is 10.3. The molecule has 4 rings (SSSR count). The van der Waals surface area contributed by atoms with Crippen molar-refractivity contribution in [1.29, 1.82) is 0 Å². The maximum Gasteiger partial charge on any atom is 0.240 e. The summed E-state index contributed by atoms with van der Waals surface area (Å²) in [5.41, 5.74) is 6.31. The Labute approximate surface area is 172 Å². The highest BCUT2D eigenvalue weighted by Crippen LogP contribution is 2.37. The van der Waals surface area contributed by atoms with Crippen molar-refractivity contribution in [3.63, 3.8) is 0 Å². The number of nitrogens with one attached hydrogen (secondary N) is 2. The number of fused-ring (bicyclic) bond motifs is 1. The Morgan fingerprint density at radius 1 is 1.18 bits per heavy atom. The van der Waals surface area contributed by atoms with Gasteiger partial charge in [0, 0.05) is 17.1 Å². The van der Waals surface area contributed by atoms with Gasteiger partial charge in [-0.15, -0.1) is 10.2 Å². The number of aryl methyl sites for hydroxylation is 2. The van der Waals surface area contributed by atoms with Crippen LogP contribution >= 0.6 is 23.4 Å². The second kappa shape index (κ2) is 7.85. The first-order valence-electron chi connectivity index (χ1n) is 9.05. The zero-order valence-corrected chi connectivity index (χ0v) is 17.1. The molecular weight excluding hydrogens is 394 g/mol. The van der Waals surface area contributed by atoms with Crippen molar-refractivity contribution in [2.24, 2.45) is 0 Å². The van der Waals surface area contributed by atoms with Gasteiger partial charge in [-0.3, -0.25) is 4.79 Å². The summed E-state index contributed by atoms with van der Waals surface area (Å²) in [7, 11) is 0. The molecule has 6 nitrogen and oxygen atoms in total. The lowest BCUT2D eigenvalue weighted by molar-refractivity contribution is -0.116. The van der Waals surface area contributed by atoms with Crippen LogP contribution < -0.4 is 10.7 Å². The van der Waals surface area contributed by atoms with Crippen molar-refractivity contribution in [2.45, 2.75) is 36.7 Å². The standard InChI is InChI=1S/C20H20ClN5OS/c1-3-16-23-24-20-26(16)25-17(13-6-8-14(21)9-7-13)18(28-20)19(27)22-15-10-4-12(2)5-11-15/h4-11,17-18,25H,3H2,1-2H3,(H,22,27). The Bertz CT molecular complexity index is 987. The number of anilines is 1. The number of carbonyl (C=O) groups excluding carboxylic acids is 1. The van der Waals surface area contributed by atoms with Crippen molar-refractivity contribution in [2.75, 3.05) is 10.7 Å². The lowest BCUT2D eigenvalue weighted by Crippen LogP contribution is -2.41. The molecule has 2 heterocycles. The summed E-state index contributed by atoms with van der Waals surface area (Å²) in [6.45, 7) is 4.04. The maximum atomic E-state index is 13.1. The van der Waals surface area contributed by atoms with Gasteiger partial charge in [0.1, 0.15) is 5.25 Å². The zero-order chi connectivity index (χ0) is 19.7. The van der Waals surface area contributed by atoms with Crippen molar-refractivity contribution in [3.05, 3.63) is 70.5 Å². The molecule has 0 spiro atoms. The molecule has 144 valence electrons. The predicted molar refractivity (Wildman–Crippen MR) is 112 cm³/mol. The minimum atomic E-state index is -0.413. The normalized spacial score (nSPS) is 18.2. The molecule has 0 radical (unpaired) electrons. The van der Waals surface area contributed by atoms with Gasteiger partial charge in [-0.2, -0.15) is 0 Å². The minimum absolute atomic E-state index is 0.0893. The molecule has 3 aromatic rings. The number of hydrogen-bond donors (Lipinski definition) is 2. The molecule has 1 amide bonds. The molecule has 28 heavy (non-hydrogen) atoms. The third-order valence-corrected chi connectivity index (χ3v) is 6.09. The monoisotopic (exact) mass is 413 g/mol. The van der Waals surface area contributed by atoms with Crippen molar-refractivity contribution in [1.82, 2.24) is 14.9 Å². The lowest BCUT2D eigenvalue weighted by atomic mass is 10.0. The van der Waals surface area contributed by atoms with Gasteiger partial charge in [0.25, 0.3) is 0 Å². The number of nitrogens with zero attached hydrogens (tertiary/aromatic N) is 3. The zero-order valence-electron chi connectivity index (χ0n) is 15.5. The first kappa shape index (κ1) is 18.8. The summed E-state index contributed by atoms with van der Waals surface area (Å²) in [4.78, 5) is 13.1. The number of aromatic nitrogens is 3. The van der Waals surface area contributed by atoms with Gasteiger partial charge in [-0.05, 0) is 36.8 Å². The van der Waals surface area contributed by atoms with Crippen LogP contribution in [0.5, 0.6) is 0 Å². The number of amides is 1. The van der Waals surface area contributed by atoms with E-state index >= 15 is 0 Å². The fourth-order valence-corrected chi connectivity index (χ4v) is 4.32. The van der Waals surface area contributed by atoms with Gasteiger partial charge in [0.05, 0.1) is 6.04 Å². The largest absolute Gasteiger partial charge is 0.325 e. The third-order valence-electron chi connectivity index (χ3n) is 4.63. The fourth-order valence-electron chi connectivity index (χ4n) is 3.10. The van der Waals surface area contributed by atoms with Crippen LogP contribution in [0.1, 0.15) is 29.9 Å². The summed E-state index contributed by atoms with van der Waals surface area (Å²) < 4.78 is 1.87. The van der Waals surface area contributed by atoms with Crippen LogP contribution in [-0.2, 0) is 11.2 Å². The van der Waals surface area contributed by atoms with E-state index in [4.69, 9.17) is 11.6 Å². The molecule has 8 heteroatoms. The number of benzene rings is 2.